The molecule has 3 rings (SSSR count). The summed E-state index contributed by atoms with van der Waals surface area (Å²) < 4.78 is 6.84. The molecule has 0 aliphatic heterocycles. The first-order valence-corrected chi connectivity index (χ1v) is 11.4. The smallest absolute Gasteiger partial charge is 0.422 e. The molecule has 0 aliphatic rings. The van der Waals surface area contributed by atoms with E-state index in [2.05, 4.69) is 22.4 Å². The zero-order chi connectivity index (χ0) is 21.7. The van der Waals surface area contributed by atoms with Gasteiger partial charge in [-0.05, 0) is 56.3 Å². The second-order valence-electron chi connectivity index (χ2n) is 7.52. The van der Waals surface area contributed by atoms with Crippen molar-refractivity contribution in [3.8, 4) is 11.4 Å². The summed E-state index contributed by atoms with van der Waals surface area (Å²) >= 11 is 2.63. The summed E-state index contributed by atoms with van der Waals surface area (Å²) in [5, 5.41) is 15.2. The first-order chi connectivity index (χ1) is 14.3. The summed E-state index contributed by atoms with van der Waals surface area (Å²) in [4.78, 5) is 25.2. The number of anilines is 1. The lowest BCUT2D eigenvalue weighted by molar-refractivity contribution is -0.113. The number of rotatable bonds is 6. The van der Waals surface area contributed by atoms with Crippen molar-refractivity contribution in [1.82, 2.24) is 14.8 Å². The van der Waals surface area contributed by atoms with Crippen LogP contribution in [0.15, 0.2) is 46.2 Å². The quantitative estimate of drug-likeness (QED) is 0.534. The summed E-state index contributed by atoms with van der Waals surface area (Å²) in [5.41, 5.74) is 2.03. The second kappa shape index (κ2) is 9.44. The van der Waals surface area contributed by atoms with Gasteiger partial charge in [-0.2, -0.15) is 11.3 Å². The van der Waals surface area contributed by atoms with Crippen LogP contribution in [0.4, 0.5) is 10.5 Å². The molecule has 1 N–H and O–H groups in total. The fraction of sp³-hybridized carbons (Fsp3) is 0.333. The van der Waals surface area contributed by atoms with Gasteiger partial charge in [-0.25, -0.2) is 9.36 Å². The molecule has 0 saturated heterocycles. The molecule has 2 aromatic heterocycles. The number of aryl methyl sites for hydroxylation is 1. The van der Waals surface area contributed by atoms with Gasteiger partial charge in [0.05, 0.1) is 5.75 Å². The third-order valence-electron chi connectivity index (χ3n) is 3.97. The van der Waals surface area contributed by atoms with E-state index in [1.165, 1.54) is 21.5 Å². The van der Waals surface area contributed by atoms with Crippen molar-refractivity contribution < 1.29 is 14.3 Å². The topological polar surface area (TPSA) is 86.1 Å². The molecule has 2 heterocycles. The number of nitrogens with one attached hydrogen (secondary N) is 1. The molecule has 0 aliphatic carbocycles. The van der Waals surface area contributed by atoms with Crippen LogP contribution in [0.5, 0.6) is 0 Å². The van der Waals surface area contributed by atoms with E-state index < -0.39 is 11.7 Å². The van der Waals surface area contributed by atoms with Gasteiger partial charge in [0.2, 0.25) is 11.1 Å². The van der Waals surface area contributed by atoms with Crippen molar-refractivity contribution >= 4 is 40.8 Å². The molecule has 9 heteroatoms. The molecule has 1 aromatic carbocycles. The maximum atomic E-state index is 12.8. The molecule has 0 radical (unpaired) electrons. The number of thioether (sulfide) groups is 1. The Kier molecular flexibility index (Phi) is 6.94. The fourth-order valence-corrected chi connectivity index (χ4v) is 3.92. The molecule has 7 nitrogen and oxygen atoms in total. The van der Waals surface area contributed by atoms with Crippen molar-refractivity contribution in [2.75, 3.05) is 11.1 Å². The minimum absolute atomic E-state index is 0.0834. The fourth-order valence-electron chi connectivity index (χ4n) is 2.57. The molecular formula is C21H24N4O3S2. The number of hydrogen-bond acceptors (Lipinski definition) is 7. The number of nitrogens with zero attached hydrogens (tertiary/aromatic N) is 3. The number of amides is 1. The van der Waals surface area contributed by atoms with E-state index in [1.807, 2.05) is 41.1 Å². The van der Waals surface area contributed by atoms with Crippen LogP contribution in [0.3, 0.4) is 0 Å². The number of aromatic nitrogens is 3. The van der Waals surface area contributed by atoms with Crippen molar-refractivity contribution in [3.05, 3.63) is 46.7 Å². The molecule has 158 valence electrons. The van der Waals surface area contributed by atoms with Crippen LogP contribution in [-0.4, -0.2) is 38.1 Å². The Labute approximate surface area is 183 Å². The van der Waals surface area contributed by atoms with Crippen LogP contribution in [0.25, 0.3) is 11.4 Å². The lowest BCUT2D eigenvalue weighted by Gasteiger charge is -2.20. The van der Waals surface area contributed by atoms with E-state index in [9.17, 15) is 9.59 Å². The highest BCUT2D eigenvalue weighted by molar-refractivity contribution is 7.99. The SMILES string of the molecule is CCc1ccc(NC(=O)CSc2nnc(-c3ccsc3)n2C(=O)OC(C)(C)C)cc1. The van der Waals surface area contributed by atoms with Crippen molar-refractivity contribution in [3.63, 3.8) is 0 Å². The van der Waals surface area contributed by atoms with Gasteiger partial charge in [0.1, 0.15) is 5.60 Å². The Morgan fingerprint density at radius 1 is 1.17 bits per heavy atom. The maximum Gasteiger partial charge on any atom is 0.422 e. The van der Waals surface area contributed by atoms with Gasteiger partial charge in [0, 0.05) is 16.6 Å². The first-order valence-electron chi connectivity index (χ1n) is 9.49. The van der Waals surface area contributed by atoms with E-state index in [1.54, 1.807) is 20.8 Å². The highest BCUT2D eigenvalue weighted by Crippen LogP contribution is 2.27. The van der Waals surface area contributed by atoms with Gasteiger partial charge in [-0.3, -0.25) is 4.79 Å². The monoisotopic (exact) mass is 444 g/mol. The molecule has 0 spiro atoms. The zero-order valence-electron chi connectivity index (χ0n) is 17.3. The van der Waals surface area contributed by atoms with E-state index >= 15 is 0 Å². The molecule has 0 unspecified atom stereocenters. The van der Waals surface area contributed by atoms with E-state index in [4.69, 9.17) is 4.74 Å². The highest BCUT2D eigenvalue weighted by Gasteiger charge is 2.26. The largest absolute Gasteiger partial charge is 0.443 e. The lowest BCUT2D eigenvalue weighted by Crippen LogP contribution is -2.28. The molecule has 3 aromatic rings. The molecule has 0 bridgehead atoms. The molecule has 0 fully saturated rings. The maximum absolute atomic E-state index is 12.8. The zero-order valence-corrected chi connectivity index (χ0v) is 19.0. The number of thiophene rings is 1. The molecule has 30 heavy (non-hydrogen) atoms. The van der Waals surface area contributed by atoms with Crippen molar-refractivity contribution in [2.45, 2.75) is 44.9 Å². The Bertz CT molecular complexity index is 1010. The molecule has 0 saturated carbocycles. The van der Waals surface area contributed by atoms with E-state index in [-0.39, 0.29) is 11.7 Å². The Balaban J connectivity index is 1.74. The predicted octanol–water partition coefficient (Wildman–Crippen LogP) is 5.08. The van der Waals surface area contributed by atoms with Gasteiger partial charge < -0.3 is 10.1 Å². The Hall–Kier alpha value is -2.65. The van der Waals surface area contributed by atoms with Crippen LogP contribution in [-0.2, 0) is 16.0 Å². The van der Waals surface area contributed by atoms with E-state index in [0.29, 0.717) is 11.0 Å². The summed E-state index contributed by atoms with van der Waals surface area (Å²) in [6, 6.07) is 9.57. The summed E-state index contributed by atoms with van der Waals surface area (Å²) in [6.07, 6.45) is 0.364. The van der Waals surface area contributed by atoms with Crippen LogP contribution >= 0.6 is 23.1 Å². The van der Waals surface area contributed by atoms with Crippen LogP contribution in [0.2, 0.25) is 0 Å². The Morgan fingerprint density at radius 3 is 2.50 bits per heavy atom. The number of benzene rings is 1. The average Bonchev–Trinajstić information content (AvgIpc) is 3.35. The minimum atomic E-state index is -0.669. The third kappa shape index (κ3) is 5.70. The number of ether oxygens (including phenoxy) is 1. The van der Waals surface area contributed by atoms with Crippen LogP contribution in [0, 0.1) is 0 Å². The minimum Gasteiger partial charge on any atom is -0.443 e. The highest BCUT2D eigenvalue weighted by atomic mass is 32.2. The number of hydrogen-bond donors (Lipinski definition) is 1. The van der Waals surface area contributed by atoms with Gasteiger partial charge in [-0.15, -0.1) is 10.2 Å². The van der Waals surface area contributed by atoms with Gasteiger partial charge in [0.15, 0.2) is 5.82 Å². The van der Waals surface area contributed by atoms with E-state index in [0.717, 1.165) is 29.4 Å². The second-order valence-corrected chi connectivity index (χ2v) is 9.24. The summed E-state index contributed by atoms with van der Waals surface area (Å²) in [7, 11) is 0. The number of carbonyl (C=O) groups excluding carboxylic acids is 2. The molecular weight excluding hydrogens is 420 g/mol. The predicted molar refractivity (Wildman–Crippen MR) is 120 cm³/mol. The Morgan fingerprint density at radius 2 is 1.90 bits per heavy atom. The average molecular weight is 445 g/mol. The summed E-state index contributed by atoms with van der Waals surface area (Å²) in [5.74, 6) is 0.281. The summed E-state index contributed by atoms with van der Waals surface area (Å²) in [6.45, 7) is 7.46. The molecule has 1 amide bonds. The van der Waals surface area contributed by atoms with Crippen molar-refractivity contribution in [1.29, 1.82) is 0 Å². The van der Waals surface area contributed by atoms with Crippen molar-refractivity contribution in [2.24, 2.45) is 0 Å². The van der Waals surface area contributed by atoms with Gasteiger partial charge >= 0.3 is 6.09 Å². The third-order valence-corrected chi connectivity index (χ3v) is 5.58. The molecule has 0 atom stereocenters. The normalized spacial score (nSPS) is 11.3. The standard InChI is InChI=1S/C21H24N4O3S2/c1-5-14-6-8-16(9-7-14)22-17(26)13-30-19-24-23-18(15-10-11-29-12-15)25(19)20(27)28-21(2,3)4/h6-12H,5,13H2,1-4H3,(H,22,26). The van der Waals surface area contributed by atoms with Gasteiger partial charge in [0.25, 0.3) is 0 Å². The first kappa shape index (κ1) is 22.0. The van der Waals surface area contributed by atoms with Gasteiger partial charge in [-0.1, -0.05) is 30.8 Å². The van der Waals surface area contributed by atoms with Crippen LogP contribution < -0.4 is 5.32 Å². The lowest BCUT2D eigenvalue weighted by atomic mass is 10.1. The van der Waals surface area contributed by atoms with Crippen LogP contribution in [0.1, 0.15) is 33.3 Å². The number of carbonyl (C=O) groups is 2.